The van der Waals surface area contributed by atoms with Gasteiger partial charge < -0.3 is 0 Å². The summed E-state index contributed by atoms with van der Waals surface area (Å²) in [7, 11) is 0. The fourth-order valence-electron chi connectivity index (χ4n) is 2.52. The Kier molecular flexibility index (Phi) is 4.99. The molecule has 132 valence electrons. The van der Waals surface area contributed by atoms with Crippen LogP contribution >= 0.6 is 15.9 Å². The third-order valence-electron chi connectivity index (χ3n) is 4.15. The van der Waals surface area contributed by atoms with E-state index in [1.165, 1.54) is 6.21 Å². The maximum atomic E-state index is 12.7. The molecule has 2 aromatic carbocycles. The monoisotopic (exact) mass is 413 g/mol. The Labute approximate surface area is 159 Å². The highest BCUT2D eigenvalue weighted by Gasteiger charge is 2.40. The largest absolute Gasteiger partial charge is 0.335 e. The van der Waals surface area contributed by atoms with Crippen molar-refractivity contribution in [3.8, 4) is 0 Å². The summed E-state index contributed by atoms with van der Waals surface area (Å²) in [5, 5.41) is 2.20. The van der Waals surface area contributed by atoms with Crippen LogP contribution in [0.15, 0.2) is 51.9 Å². The molecule has 1 aliphatic rings. The van der Waals surface area contributed by atoms with Crippen LogP contribution in [0.1, 0.15) is 11.1 Å². The minimum Gasteiger partial charge on any atom is -0.276 e. The highest BCUT2D eigenvalue weighted by atomic mass is 79.9. The molecule has 3 rings (SSSR count). The van der Waals surface area contributed by atoms with E-state index >= 15 is 0 Å². The predicted molar refractivity (Wildman–Crippen MR) is 103 cm³/mol. The lowest BCUT2D eigenvalue weighted by Crippen LogP contribution is -2.58. The summed E-state index contributed by atoms with van der Waals surface area (Å²) < 4.78 is 0.815. The van der Waals surface area contributed by atoms with Gasteiger partial charge in [0.05, 0.1) is 11.4 Å². The predicted octanol–water partition coefficient (Wildman–Crippen LogP) is 3.67. The lowest BCUT2D eigenvalue weighted by molar-refractivity contribution is -0.131. The molecule has 0 unspecified atom stereocenters. The number of imide groups is 2. The van der Waals surface area contributed by atoms with E-state index in [4.69, 9.17) is 0 Å². The Morgan fingerprint density at radius 3 is 2.38 bits per heavy atom. The van der Waals surface area contributed by atoms with Gasteiger partial charge in [0.15, 0.2) is 5.92 Å². The van der Waals surface area contributed by atoms with Crippen molar-refractivity contribution < 1.29 is 14.4 Å². The molecule has 1 atom stereocenters. The summed E-state index contributed by atoms with van der Waals surface area (Å²) in [6.45, 7) is 3.95. The van der Waals surface area contributed by atoms with Crippen LogP contribution < -0.4 is 10.2 Å². The molecule has 4 amide bonds. The summed E-state index contributed by atoms with van der Waals surface area (Å²) >= 11 is 3.30. The number of aryl methyl sites for hydroxylation is 2. The molecule has 6 nitrogen and oxygen atoms in total. The SMILES string of the molecule is Cc1ccc(N=C[C@H]2C(=O)NC(=O)N(c3ccc(Br)cc3)C2=O)cc1C. The zero-order valence-corrected chi connectivity index (χ0v) is 15.8. The number of aliphatic imine (C=N–C) groups is 1. The maximum Gasteiger partial charge on any atom is 0.335 e. The van der Waals surface area contributed by atoms with Crippen molar-refractivity contribution in [2.75, 3.05) is 4.90 Å². The second-order valence-electron chi connectivity index (χ2n) is 5.97. The van der Waals surface area contributed by atoms with E-state index in [0.29, 0.717) is 11.4 Å². The van der Waals surface area contributed by atoms with E-state index in [1.807, 2.05) is 32.0 Å². The van der Waals surface area contributed by atoms with Gasteiger partial charge in [-0.1, -0.05) is 22.0 Å². The zero-order valence-electron chi connectivity index (χ0n) is 14.2. The zero-order chi connectivity index (χ0) is 18.8. The first kappa shape index (κ1) is 18.0. The van der Waals surface area contributed by atoms with Crippen molar-refractivity contribution in [1.29, 1.82) is 0 Å². The normalized spacial score (nSPS) is 17.7. The van der Waals surface area contributed by atoms with Gasteiger partial charge in [-0.3, -0.25) is 19.9 Å². The van der Waals surface area contributed by atoms with Crippen LogP contribution in [0, 0.1) is 19.8 Å². The molecule has 0 aromatic heterocycles. The first-order valence-electron chi connectivity index (χ1n) is 7.92. The van der Waals surface area contributed by atoms with Crippen molar-refractivity contribution >= 4 is 51.4 Å². The summed E-state index contributed by atoms with van der Waals surface area (Å²) in [5.74, 6) is -2.48. The van der Waals surface area contributed by atoms with Gasteiger partial charge in [0.1, 0.15) is 0 Å². The number of hydrogen-bond donors (Lipinski definition) is 1. The number of anilines is 1. The van der Waals surface area contributed by atoms with Crippen molar-refractivity contribution in [1.82, 2.24) is 5.32 Å². The number of nitrogens with one attached hydrogen (secondary N) is 1. The van der Waals surface area contributed by atoms with Crippen LogP contribution in [0.2, 0.25) is 0 Å². The highest BCUT2D eigenvalue weighted by molar-refractivity contribution is 9.10. The first-order valence-corrected chi connectivity index (χ1v) is 8.72. The van der Waals surface area contributed by atoms with Crippen LogP contribution in [0.3, 0.4) is 0 Å². The number of barbiturate groups is 1. The molecule has 0 radical (unpaired) electrons. The van der Waals surface area contributed by atoms with Crippen molar-refractivity contribution in [3.63, 3.8) is 0 Å². The average molecular weight is 414 g/mol. The minimum atomic E-state index is -1.17. The quantitative estimate of drug-likeness (QED) is 0.615. The van der Waals surface area contributed by atoms with Gasteiger partial charge in [-0.05, 0) is 61.4 Å². The van der Waals surface area contributed by atoms with Gasteiger partial charge in [-0.15, -0.1) is 0 Å². The molecule has 7 heteroatoms. The second-order valence-corrected chi connectivity index (χ2v) is 6.88. The summed E-state index contributed by atoms with van der Waals surface area (Å²) in [6, 6.07) is 11.5. The van der Waals surface area contributed by atoms with Crippen LogP contribution in [0.4, 0.5) is 16.2 Å². The van der Waals surface area contributed by atoms with Gasteiger partial charge in [0.2, 0.25) is 5.91 Å². The van der Waals surface area contributed by atoms with Gasteiger partial charge >= 0.3 is 6.03 Å². The number of carbonyl (C=O) groups excluding carboxylic acids is 3. The van der Waals surface area contributed by atoms with E-state index < -0.39 is 23.8 Å². The molecule has 0 spiro atoms. The van der Waals surface area contributed by atoms with Gasteiger partial charge in [-0.2, -0.15) is 0 Å². The lowest BCUT2D eigenvalue weighted by Gasteiger charge is -2.28. The number of rotatable bonds is 3. The molecule has 2 aromatic rings. The molecule has 1 fully saturated rings. The Hall–Kier alpha value is -2.80. The van der Waals surface area contributed by atoms with Gasteiger partial charge in [0.25, 0.3) is 5.91 Å². The maximum absolute atomic E-state index is 12.7. The van der Waals surface area contributed by atoms with E-state index in [9.17, 15) is 14.4 Å². The number of halogens is 1. The second kappa shape index (κ2) is 7.21. The lowest BCUT2D eigenvalue weighted by atomic mass is 10.1. The number of amides is 4. The number of hydrogen-bond acceptors (Lipinski definition) is 4. The molecule has 26 heavy (non-hydrogen) atoms. The summed E-state index contributed by atoms with van der Waals surface area (Å²) in [6.07, 6.45) is 1.28. The highest BCUT2D eigenvalue weighted by Crippen LogP contribution is 2.23. The van der Waals surface area contributed by atoms with E-state index in [-0.39, 0.29) is 0 Å². The van der Waals surface area contributed by atoms with E-state index in [1.54, 1.807) is 24.3 Å². The number of nitrogens with zero attached hydrogens (tertiary/aromatic N) is 2. The van der Waals surface area contributed by atoms with Crippen LogP contribution in [-0.4, -0.2) is 24.1 Å². The van der Waals surface area contributed by atoms with Crippen LogP contribution in [0.25, 0.3) is 0 Å². The van der Waals surface area contributed by atoms with Crippen LogP contribution in [0.5, 0.6) is 0 Å². The number of benzene rings is 2. The molecule has 0 saturated carbocycles. The van der Waals surface area contributed by atoms with E-state index in [0.717, 1.165) is 20.5 Å². The molecular formula is C19H16BrN3O3. The van der Waals surface area contributed by atoms with Gasteiger partial charge in [0, 0.05) is 10.7 Å². The Morgan fingerprint density at radius 2 is 1.73 bits per heavy atom. The average Bonchev–Trinajstić information content (AvgIpc) is 2.59. The van der Waals surface area contributed by atoms with E-state index in [2.05, 4.69) is 26.2 Å². The minimum absolute atomic E-state index is 0.382. The summed E-state index contributed by atoms with van der Waals surface area (Å²) in [4.78, 5) is 42.1. The Morgan fingerprint density at radius 1 is 1.04 bits per heavy atom. The molecule has 0 aliphatic carbocycles. The molecule has 1 aliphatic heterocycles. The van der Waals surface area contributed by atoms with Crippen molar-refractivity contribution in [2.24, 2.45) is 10.9 Å². The number of carbonyl (C=O) groups is 3. The third kappa shape index (κ3) is 3.57. The Bertz CT molecular complexity index is 922. The fraction of sp³-hybridized carbons (Fsp3) is 0.158. The smallest absolute Gasteiger partial charge is 0.276 e. The first-order chi connectivity index (χ1) is 12.4. The van der Waals surface area contributed by atoms with Crippen LogP contribution in [-0.2, 0) is 9.59 Å². The van der Waals surface area contributed by atoms with Gasteiger partial charge in [-0.25, -0.2) is 9.69 Å². The molecular weight excluding hydrogens is 398 g/mol. The molecule has 1 N–H and O–H groups in total. The number of urea groups is 1. The fourth-order valence-corrected chi connectivity index (χ4v) is 2.79. The Balaban J connectivity index is 1.88. The van der Waals surface area contributed by atoms with Crippen molar-refractivity contribution in [3.05, 3.63) is 58.1 Å². The van der Waals surface area contributed by atoms with Crippen molar-refractivity contribution in [2.45, 2.75) is 13.8 Å². The third-order valence-corrected chi connectivity index (χ3v) is 4.68. The topological polar surface area (TPSA) is 78.8 Å². The molecule has 1 heterocycles. The standard InChI is InChI=1S/C19H16BrN3O3/c1-11-3-6-14(9-12(11)2)21-10-16-17(24)22-19(26)23(18(16)25)15-7-4-13(20)5-8-15/h3-10,16H,1-2H3,(H,22,24,26)/t16-/m0/s1. The molecule has 0 bridgehead atoms. The summed E-state index contributed by atoms with van der Waals surface area (Å²) in [5.41, 5.74) is 3.21. The molecule has 1 saturated heterocycles.